The number of fused-ring (bicyclic) bond motifs is 1. The van der Waals surface area contributed by atoms with Gasteiger partial charge in [0.2, 0.25) is 0 Å². The van der Waals surface area contributed by atoms with Gasteiger partial charge in [0.05, 0.1) is 40.6 Å². The van der Waals surface area contributed by atoms with Crippen LogP contribution in [0, 0.1) is 0 Å². The number of phosphoric ester groups is 1. The summed E-state index contributed by atoms with van der Waals surface area (Å²) in [6.07, 6.45) is 19.0. The van der Waals surface area contributed by atoms with Crippen LogP contribution >= 0.6 is 42.6 Å². The van der Waals surface area contributed by atoms with Crippen LogP contribution in [-0.4, -0.2) is 70.2 Å². The van der Waals surface area contributed by atoms with E-state index < -0.39 is 49.2 Å². The molecule has 0 amide bonds. The second kappa shape index (κ2) is 23.4. The molecule has 17 heteroatoms. The number of nitrogens with two attached hydrogens (primary N) is 1. The number of benzene rings is 2. The number of unbranched alkanes of at least 4 members (excludes halogenated alkanes) is 15. The maximum absolute atomic E-state index is 15.0. The van der Waals surface area contributed by atoms with E-state index in [1.165, 1.54) is 96.2 Å². The maximum atomic E-state index is 15.0. The third-order valence-corrected chi connectivity index (χ3v) is 15.2. The van der Waals surface area contributed by atoms with Crippen molar-refractivity contribution in [1.29, 1.82) is 0 Å². The zero-order valence-electron chi connectivity index (χ0n) is 38.9. The lowest BCUT2D eigenvalue weighted by Gasteiger charge is -2.33. The molecule has 2 aromatic heterocycles. The summed E-state index contributed by atoms with van der Waals surface area (Å²) in [5.74, 6) is -0.612. The van der Waals surface area contributed by atoms with Gasteiger partial charge in [0.25, 0.3) is 0 Å². The van der Waals surface area contributed by atoms with Gasteiger partial charge in [-0.05, 0) is 69.2 Å². The molecule has 7 rings (SSSR count). The fraction of sp³-hybridized carbons (Fsp3) is 0.633. The number of para-hydroxylation sites is 1. The predicted octanol–water partition coefficient (Wildman–Crippen LogP) is 13.2. The molecule has 0 bridgehead atoms. The molecule has 0 radical (unpaired) electrons. The molecule has 4 heterocycles. The van der Waals surface area contributed by atoms with Crippen LogP contribution in [0.5, 0.6) is 5.75 Å². The molecule has 2 N–H and O–H groups in total. The lowest BCUT2D eigenvalue weighted by molar-refractivity contribution is -0.196. The number of hydrogen-bond donors (Lipinski definition) is 1. The van der Waals surface area contributed by atoms with Gasteiger partial charge < -0.3 is 33.9 Å². The zero-order chi connectivity index (χ0) is 46.8. The van der Waals surface area contributed by atoms with Gasteiger partial charge in [0.1, 0.15) is 47.6 Å². The second-order valence-corrected chi connectivity index (χ2v) is 21.3. The minimum atomic E-state index is -4.52. The Morgan fingerprint density at radius 3 is 2.14 bits per heavy atom. The summed E-state index contributed by atoms with van der Waals surface area (Å²) in [6, 6.07) is 15.7. The Morgan fingerprint density at radius 1 is 0.803 bits per heavy atom. The number of anilines is 1. The number of halogens is 3. The van der Waals surface area contributed by atoms with E-state index in [4.69, 9.17) is 77.8 Å². The molecule has 66 heavy (non-hydrogen) atoms. The van der Waals surface area contributed by atoms with Gasteiger partial charge >= 0.3 is 7.82 Å². The smallest absolute Gasteiger partial charge is 0.402 e. The molecule has 13 nitrogen and oxygen atoms in total. The van der Waals surface area contributed by atoms with E-state index in [2.05, 4.69) is 17.0 Å². The van der Waals surface area contributed by atoms with E-state index in [9.17, 15) is 0 Å². The number of ether oxygens (including phenoxy) is 5. The van der Waals surface area contributed by atoms with Crippen molar-refractivity contribution in [2.75, 3.05) is 25.6 Å². The Kier molecular flexibility index (Phi) is 18.2. The Balaban J connectivity index is 0.954. The van der Waals surface area contributed by atoms with Gasteiger partial charge in [-0.25, -0.2) is 14.1 Å². The molecule has 364 valence electrons. The highest BCUT2D eigenvalue weighted by atomic mass is 35.5. The molecule has 1 aliphatic carbocycles. The van der Waals surface area contributed by atoms with Crippen molar-refractivity contribution in [2.45, 2.75) is 178 Å². The van der Waals surface area contributed by atoms with E-state index in [1.54, 1.807) is 40.9 Å². The van der Waals surface area contributed by atoms with Gasteiger partial charge in [-0.1, -0.05) is 156 Å². The number of rotatable bonds is 30. The highest BCUT2D eigenvalue weighted by Gasteiger charge is 2.88. The summed E-state index contributed by atoms with van der Waals surface area (Å²) in [5.41, 5.74) is 6.01. The Morgan fingerprint density at radius 2 is 1.47 bits per heavy atom. The van der Waals surface area contributed by atoms with E-state index in [-0.39, 0.29) is 30.6 Å². The van der Waals surface area contributed by atoms with Crippen molar-refractivity contribution in [3.63, 3.8) is 0 Å². The summed E-state index contributed by atoms with van der Waals surface area (Å²) in [7, 11) is -4.52. The Labute approximate surface area is 405 Å². The van der Waals surface area contributed by atoms with E-state index in [0.29, 0.717) is 33.7 Å². The summed E-state index contributed by atoms with van der Waals surface area (Å²) < 4.78 is 67.8. The summed E-state index contributed by atoms with van der Waals surface area (Å²) >= 11 is 19.1. The fourth-order valence-corrected chi connectivity index (χ4v) is 11.3. The SMILES string of the molecule is CCCCCCCCCCCCCCCCCCOC[C@H](COP(=O)(Oc1ccccc1Cl)OC1[C@H]2O[C@@](C)(c3ccc4c(N)ncnn34)[C@@H]3OC(C)(C)O[C@]123)OCc1ccc(Cl)c(Cl)c1. The van der Waals surface area contributed by atoms with Crippen molar-refractivity contribution in [3.05, 3.63) is 87.2 Å². The standard InChI is InChI=1S/C49H68Cl3N4O9P/c1-5-6-7-8-9-10-11-12-13-14-15-16-17-18-19-22-29-58-32-36(59-31-35-25-26-37(50)39(52)30-35)33-60-66(57,63-41-24-21-20-23-38(41)51)64-44-43-49(44)46(62-47(2,3)65-49)48(4,61-43)42-28-27-40-45(53)54-34-55-56(40)42/h20-21,23-28,30,34,36,43-44,46H,5-19,22,29,31-33H2,1-4H3,(H2,53,54,55)/t36-,43-,44?,46+,48+,49+,66?/m1/s1. The Bertz CT molecular complexity index is 2240. The number of phosphoric acid groups is 1. The van der Waals surface area contributed by atoms with Crippen molar-refractivity contribution in [1.82, 2.24) is 14.6 Å². The highest BCUT2D eigenvalue weighted by Crippen LogP contribution is 2.70. The van der Waals surface area contributed by atoms with Crippen LogP contribution in [0.1, 0.15) is 142 Å². The molecule has 1 saturated carbocycles. The van der Waals surface area contributed by atoms with E-state index >= 15 is 4.57 Å². The van der Waals surface area contributed by atoms with Gasteiger partial charge in [0, 0.05) is 6.61 Å². The lowest BCUT2D eigenvalue weighted by Crippen LogP contribution is -2.45. The van der Waals surface area contributed by atoms with E-state index in [0.717, 1.165) is 18.4 Å². The molecule has 4 aromatic rings. The minimum absolute atomic E-state index is 0.113. The number of aromatic nitrogens is 3. The molecule has 7 atom stereocenters. The molecule has 2 aromatic carbocycles. The fourth-order valence-electron chi connectivity index (χ4n) is 9.29. The molecule has 2 saturated heterocycles. The normalized spacial score (nSPS) is 24.3. The monoisotopic (exact) mass is 992 g/mol. The summed E-state index contributed by atoms with van der Waals surface area (Å²) in [5, 5.41) is 5.52. The predicted molar refractivity (Wildman–Crippen MR) is 258 cm³/mol. The van der Waals surface area contributed by atoms with Crippen molar-refractivity contribution in [3.8, 4) is 5.75 Å². The maximum Gasteiger partial charge on any atom is 0.530 e. The third-order valence-electron chi connectivity index (χ3n) is 12.8. The Hall–Kier alpha value is -2.52. The van der Waals surface area contributed by atoms with Gasteiger partial charge in [-0.15, -0.1) is 0 Å². The van der Waals surface area contributed by atoms with Crippen LogP contribution in [-0.2, 0) is 49.5 Å². The minimum Gasteiger partial charge on any atom is -0.402 e. The van der Waals surface area contributed by atoms with Crippen LogP contribution in [0.3, 0.4) is 0 Å². The van der Waals surface area contributed by atoms with Crippen LogP contribution in [0.4, 0.5) is 5.82 Å². The molecule has 3 aliphatic rings. The molecule has 2 aliphatic heterocycles. The topological polar surface area (TPSA) is 147 Å². The second-order valence-electron chi connectivity index (χ2n) is 18.5. The molecule has 1 spiro atoms. The van der Waals surface area contributed by atoms with Crippen LogP contribution in [0.25, 0.3) is 5.52 Å². The summed E-state index contributed by atoms with van der Waals surface area (Å²) in [4.78, 5) is 4.13. The quantitative estimate of drug-likeness (QED) is 0.0392. The van der Waals surface area contributed by atoms with Crippen molar-refractivity contribution in [2.24, 2.45) is 0 Å². The first-order valence-electron chi connectivity index (χ1n) is 23.9. The molecule has 3 fully saturated rings. The van der Waals surface area contributed by atoms with Gasteiger partial charge in [-0.2, -0.15) is 5.10 Å². The van der Waals surface area contributed by atoms with Crippen LogP contribution in [0.2, 0.25) is 15.1 Å². The van der Waals surface area contributed by atoms with E-state index in [1.807, 2.05) is 39.0 Å². The lowest BCUT2D eigenvalue weighted by atomic mass is 9.91. The average Bonchev–Trinajstić information content (AvgIpc) is 3.60. The molecular weight excluding hydrogens is 926 g/mol. The first-order chi connectivity index (χ1) is 31.8. The first kappa shape index (κ1) is 51.3. The van der Waals surface area contributed by atoms with Crippen molar-refractivity contribution >= 4 is 54.0 Å². The molecular formula is C49H68Cl3N4O9P. The summed E-state index contributed by atoms with van der Waals surface area (Å²) in [6.45, 7) is 8.46. The van der Waals surface area contributed by atoms with Gasteiger partial charge in [-0.3, -0.25) is 9.05 Å². The third kappa shape index (κ3) is 12.6. The zero-order valence-corrected chi connectivity index (χ0v) is 42.1. The first-order valence-corrected chi connectivity index (χ1v) is 26.5. The van der Waals surface area contributed by atoms with Crippen LogP contribution in [0.15, 0.2) is 60.9 Å². The van der Waals surface area contributed by atoms with Crippen LogP contribution < -0.4 is 10.3 Å². The van der Waals surface area contributed by atoms with Crippen molar-refractivity contribution < 1.29 is 41.8 Å². The average molecular weight is 994 g/mol. The van der Waals surface area contributed by atoms with Gasteiger partial charge in [0.15, 0.2) is 17.2 Å². The number of hydrogen-bond acceptors (Lipinski definition) is 12. The number of nitrogens with zero attached hydrogens (tertiary/aromatic N) is 3. The largest absolute Gasteiger partial charge is 0.530 e. The highest BCUT2D eigenvalue weighted by molar-refractivity contribution is 7.49. The molecule has 2 unspecified atom stereocenters. The number of nitrogen functional groups attached to an aromatic ring is 1.